The highest BCUT2D eigenvalue weighted by molar-refractivity contribution is 5.65. The molecule has 28 heavy (non-hydrogen) atoms. The molecular formula is C24H26N2O2. The smallest absolute Gasteiger partial charge is 0.126 e. The Morgan fingerprint density at radius 1 is 0.929 bits per heavy atom. The Labute approximate surface area is 166 Å². The number of rotatable bonds is 6. The summed E-state index contributed by atoms with van der Waals surface area (Å²) in [5.74, 6) is 1.65. The Kier molecular flexibility index (Phi) is 5.88. The van der Waals surface area contributed by atoms with Crippen LogP contribution >= 0.6 is 0 Å². The molecule has 2 aromatic carbocycles. The third-order valence-electron chi connectivity index (χ3n) is 5.24. The van der Waals surface area contributed by atoms with Gasteiger partial charge in [0.15, 0.2) is 0 Å². The molecule has 1 aromatic heterocycles. The molecule has 1 fully saturated rings. The molecule has 3 aromatic rings. The van der Waals surface area contributed by atoms with Crippen LogP contribution in [0.3, 0.4) is 0 Å². The zero-order valence-corrected chi connectivity index (χ0v) is 15.9. The van der Waals surface area contributed by atoms with Gasteiger partial charge in [-0.2, -0.15) is 0 Å². The second-order valence-corrected chi connectivity index (χ2v) is 7.34. The molecule has 0 unspecified atom stereocenters. The molecule has 4 rings (SSSR count). The largest absolute Gasteiger partial charge is 0.489 e. The number of benzene rings is 2. The average Bonchev–Trinajstić information content (AvgIpc) is 2.75. The lowest BCUT2D eigenvalue weighted by molar-refractivity contribution is 0.116. The minimum atomic E-state index is -0.284. The molecule has 4 nitrogen and oxygen atoms in total. The molecular weight excluding hydrogens is 348 g/mol. The summed E-state index contributed by atoms with van der Waals surface area (Å²) in [6, 6.07) is 22.4. The van der Waals surface area contributed by atoms with Crippen LogP contribution in [0.1, 0.15) is 31.2 Å². The maximum atomic E-state index is 10.1. The van der Waals surface area contributed by atoms with Gasteiger partial charge in [-0.25, -0.2) is 4.98 Å². The quantitative estimate of drug-likeness (QED) is 0.634. The van der Waals surface area contributed by atoms with Crippen LogP contribution in [-0.4, -0.2) is 22.2 Å². The second-order valence-electron chi connectivity index (χ2n) is 7.34. The van der Waals surface area contributed by atoms with E-state index in [2.05, 4.69) is 34.6 Å². The highest BCUT2D eigenvalue weighted by atomic mass is 16.5. The van der Waals surface area contributed by atoms with Gasteiger partial charge in [-0.15, -0.1) is 0 Å². The maximum Gasteiger partial charge on any atom is 0.126 e. The number of hydrogen-bond donors (Lipinski definition) is 2. The lowest BCUT2D eigenvalue weighted by Crippen LogP contribution is -2.36. The number of anilines is 1. The molecule has 2 N–H and O–H groups in total. The molecule has 1 aliphatic carbocycles. The standard InChI is InChI=1S/C24H26N2O2/c27-23-12-5-4-11-22(23)26-24-14-13-20(16-25-24)19-9-6-10-21(15-19)28-17-18-7-2-1-3-8-18/h1-3,6-10,13-16,22-23,27H,4-5,11-12,17H2,(H,25,26)/t22-,23-/m0/s1. The van der Waals surface area contributed by atoms with Crippen LogP contribution in [-0.2, 0) is 6.61 Å². The molecule has 1 heterocycles. The van der Waals surface area contributed by atoms with E-state index in [9.17, 15) is 5.11 Å². The second kappa shape index (κ2) is 8.89. The number of nitrogens with zero attached hydrogens (tertiary/aromatic N) is 1. The van der Waals surface area contributed by atoms with Gasteiger partial charge < -0.3 is 15.2 Å². The third-order valence-corrected chi connectivity index (χ3v) is 5.24. The zero-order valence-electron chi connectivity index (χ0n) is 15.9. The number of aliphatic hydroxyl groups is 1. The SMILES string of the molecule is O[C@H]1CCCC[C@@H]1Nc1ccc(-c2cccc(OCc3ccccc3)c2)cn1. The lowest BCUT2D eigenvalue weighted by Gasteiger charge is -2.28. The fraction of sp³-hybridized carbons (Fsp3) is 0.292. The predicted octanol–water partition coefficient (Wildman–Crippen LogP) is 5.04. The number of hydrogen-bond acceptors (Lipinski definition) is 4. The summed E-state index contributed by atoms with van der Waals surface area (Å²) in [4.78, 5) is 4.54. The van der Waals surface area contributed by atoms with Crippen LogP contribution in [0.4, 0.5) is 5.82 Å². The van der Waals surface area contributed by atoms with Gasteiger partial charge in [0, 0.05) is 11.8 Å². The van der Waals surface area contributed by atoms with Gasteiger partial charge in [-0.3, -0.25) is 0 Å². The van der Waals surface area contributed by atoms with Crippen molar-refractivity contribution in [1.29, 1.82) is 0 Å². The highest BCUT2D eigenvalue weighted by Gasteiger charge is 2.22. The number of pyridine rings is 1. The Morgan fingerprint density at radius 2 is 1.79 bits per heavy atom. The first kappa shape index (κ1) is 18.5. The molecule has 1 aliphatic rings. The van der Waals surface area contributed by atoms with Gasteiger partial charge in [0.2, 0.25) is 0 Å². The summed E-state index contributed by atoms with van der Waals surface area (Å²) >= 11 is 0. The highest BCUT2D eigenvalue weighted by Crippen LogP contribution is 2.26. The average molecular weight is 374 g/mol. The van der Waals surface area contributed by atoms with E-state index in [0.717, 1.165) is 53.9 Å². The van der Waals surface area contributed by atoms with Crippen molar-refractivity contribution < 1.29 is 9.84 Å². The molecule has 0 bridgehead atoms. The predicted molar refractivity (Wildman–Crippen MR) is 112 cm³/mol. The number of aliphatic hydroxyl groups excluding tert-OH is 1. The molecule has 2 atom stereocenters. The van der Waals surface area contributed by atoms with Crippen molar-refractivity contribution in [2.75, 3.05) is 5.32 Å². The zero-order chi connectivity index (χ0) is 19.2. The van der Waals surface area contributed by atoms with E-state index < -0.39 is 0 Å². The van der Waals surface area contributed by atoms with Crippen LogP contribution in [0.25, 0.3) is 11.1 Å². The summed E-state index contributed by atoms with van der Waals surface area (Å²) in [5, 5.41) is 13.5. The molecule has 0 radical (unpaired) electrons. The van der Waals surface area contributed by atoms with Gasteiger partial charge in [0.25, 0.3) is 0 Å². The summed E-state index contributed by atoms with van der Waals surface area (Å²) in [5.41, 5.74) is 3.26. The van der Waals surface area contributed by atoms with E-state index in [-0.39, 0.29) is 12.1 Å². The van der Waals surface area contributed by atoms with Crippen LogP contribution in [0.5, 0.6) is 5.75 Å². The first-order valence-electron chi connectivity index (χ1n) is 9.96. The van der Waals surface area contributed by atoms with Crippen LogP contribution in [0, 0.1) is 0 Å². The molecule has 0 saturated heterocycles. The fourth-order valence-corrected chi connectivity index (χ4v) is 3.63. The normalized spacial score (nSPS) is 19.2. The number of ether oxygens (including phenoxy) is 1. The van der Waals surface area contributed by atoms with E-state index in [1.807, 2.05) is 48.7 Å². The van der Waals surface area contributed by atoms with Crippen molar-refractivity contribution in [2.45, 2.75) is 44.4 Å². The Hall–Kier alpha value is -2.85. The first-order valence-corrected chi connectivity index (χ1v) is 9.96. The van der Waals surface area contributed by atoms with E-state index >= 15 is 0 Å². The van der Waals surface area contributed by atoms with Crippen LogP contribution in [0.15, 0.2) is 72.9 Å². The summed E-state index contributed by atoms with van der Waals surface area (Å²) in [6.45, 7) is 0.551. The number of nitrogens with one attached hydrogen (secondary N) is 1. The van der Waals surface area contributed by atoms with E-state index in [0.29, 0.717) is 6.61 Å². The minimum Gasteiger partial charge on any atom is -0.489 e. The summed E-state index contributed by atoms with van der Waals surface area (Å²) in [6.07, 6.45) is 5.70. The third kappa shape index (κ3) is 4.70. The van der Waals surface area contributed by atoms with E-state index in [4.69, 9.17) is 4.74 Å². The monoisotopic (exact) mass is 374 g/mol. The van der Waals surface area contributed by atoms with Crippen molar-refractivity contribution in [3.63, 3.8) is 0 Å². The van der Waals surface area contributed by atoms with E-state index in [1.165, 1.54) is 0 Å². The molecule has 144 valence electrons. The van der Waals surface area contributed by atoms with Gasteiger partial charge in [-0.1, -0.05) is 55.3 Å². The van der Waals surface area contributed by atoms with Crippen molar-refractivity contribution in [3.05, 3.63) is 78.5 Å². The first-order chi connectivity index (χ1) is 13.8. The number of aromatic nitrogens is 1. The molecule has 1 saturated carbocycles. The van der Waals surface area contributed by atoms with Gasteiger partial charge in [-0.05, 0) is 48.2 Å². The molecule has 0 spiro atoms. The topological polar surface area (TPSA) is 54.4 Å². The fourth-order valence-electron chi connectivity index (χ4n) is 3.63. The van der Waals surface area contributed by atoms with Crippen molar-refractivity contribution in [3.8, 4) is 16.9 Å². The van der Waals surface area contributed by atoms with Crippen LogP contribution in [0.2, 0.25) is 0 Å². The lowest BCUT2D eigenvalue weighted by atomic mass is 9.92. The molecule has 4 heteroatoms. The maximum absolute atomic E-state index is 10.1. The van der Waals surface area contributed by atoms with Gasteiger partial charge >= 0.3 is 0 Å². The molecule has 0 aliphatic heterocycles. The van der Waals surface area contributed by atoms with Gasteiger partial charge in [0.1, 0.15) is 18.2 Å². The van der Waals surface area contributed by atoms with E-state index in [1.54, 1.807) is 0 Å². The summed E-state index contributed by atoms with van der Waals surface area (Å²) in [7, 11) is 0. The Balaban J connectivity index is 1.41. The van der Waals surface area contributed by atoms with Crippen molar-refractivity contribution >= 4 is 5.82 Å². The Morgan fingerprint density at radius 3 is 2.57 bits per heavy atom. The summed E-state index contributed by atoms with van der Waals surface area (Å²) < 4.78 is 5.93. The Bertz CT molecular complexity index is 881. The minimum absolute atomic E-state index is 0.0989. The van der Waals surface area contributed by atoms with Crippen molar-refractivity contribution in [2.24, 2.45) is 0 Å². The van der Waals surface area contributed by atoms with Crippen molar-refractivity contribution in [1.82, 2.24) is 4.98 Å². The molecule has 0 amide bonds. The van der Waals surface area contributed by atoms with Gasteiger partial charge in [0.05, 0.1) is 12.1 Å². The van der Waals surface area contributed by atoms with Crippen LogP contribution < -0.4 is 10.1 Å².